The second-order valence-corrected chi connectivity index (χ2v) is 14.1. The molecular weight excluding hydrogens is 593 g/mol. The molecule has 0 unspecified atom stereocenters. The van der Waals surface area contributed by atoms with Gasteiger partial charge in [0.15, 0.2) is 9.84 Å². The predicted molar refractivity (Wildman–Crippen MR) is 145 cm³/mol. The number of amides is 1. The molecule has 0 radical (unpaired) electrons. The fourth-order valence-corrected chi connectivity index (χ4v) is 9.54. The Hall–Kier alpha value is -1.12. The van der Waals surface area contributed by atoms with Crippen molar-refractivity contribution in [2.45, 2.75) is 66.0 Å². The molecule has 1 aliphatic carbocycles. The Morgan fingerprint density at radius 2 is 1.88 bits per heavy atom. The molecule has 33 heavy (non-hydrogen) atoms. The van der Waals surface area contributed by atoms with Crippen LogP contribution >= 0.6 is 45.7 Å². The van der Waals surface area contributed by atoms with Crippen LogP contribution in [0.25, 0.3) is 0 Å². The van der Waals surface area contributed by atoms with E-state index in [1.807, 2.05) is 53.9 Å². The van der Waals surface area contributed by atoms with Crippen molar-refractivity contribution in [3.05, 3.63) is 20.7 Å². The lowest BCUT2D eigenvalue weighted by molar-refractivity contribution is 0.0929. The number of aromatic nitrogens is 2. The summed E-state index contributed by atoms with van der Waals surface area (Å²) in [6.07, 6.45) is 7.05. The van der Waals surface area contributed by atoms with E-state index in [0.29, 0.717) is 23.5 Å². The van der Waals surface area contributed by atoms with E-state index in [2.05, 4.69) is 20.6 Å². The minimum Gasteiger partial charge on any atom is -0.363 e. The van der Waals surface area contributed by atoms with E-state index in [-0.39, 0.29) is 18.0 Å². The van der Waals surface area contributed by atoms with Crippen molar-refractivity contribution in [3.8, 4) is 0 Å². The average Bonchev–Trinajstić information content (AvgIpc) is 3.12. The predicted octanol–water partition coefficient (Wildman–Crippen LogP) is 4.27. The van der Waals surface area contributed by atoms with Crippen LogP contribution in [0.3, 0.4) is 0 Å². The van der Waals surface area contributed by atoms with Gasteiger partial charge in [0.05, 0.1) is 13.0 Å². The van der Waals surface area contributed by atoms with Crippen LogP contribution in [-0.4, -0.2) is 62.0 Å². The lowest BCUT2D eigenvalue weighted by Gasteiger charge is -2.29. The third kappa shape index (κ3) is 6.12. The fourth-order valence-electron chi connectivity index (χ4n) is 3.62. The summed E-state index contributed by atoms with van der Waals surface area (Å²) in [7, 11) is 0.422. The zero-order valence-electron chi connectivity index (χ0n) is 19.4. The smallest absolute Gasteiger partial charge is 0.262 e. The summed E-state index contributed by atoms with van der Waals surface area (Å²) >= 11 is 4.64. The number of carbonyl (C=O) groups excluding carboxylic acids is 1. The number of rotatable bonds is 8. The molecular formula is C21H30IN5O3S3. The van der Waals surface area contributed by atoms with Gasteiger partial charge >= 0.3 is 0 Å². The minimum absolute atomic E-state index is 0.0605. The van der Waals surface area contributed by atoms with Crippen LogP contribution in [0.15, 0.2) is 21.4 Å². The van der Waals surface area contributed by atoms with Crippen LogP contribution in [0.4, 0.5) is 11.8 Å². The molecule has 0 saturated heterocycles. The molecule has 182 valence electrons. The molecule has 2 heterocycles. The maximum Gasteiger partial charge on any atom is 0.262 e. The van der Waals surface area contributed by atoms with Gasteiger partial charge in [-0.05, 0) is 74.4 Å². The first-order valence-electron chi connectivity index (χ1n) is 10.7. The van der Waals surface area contributed by atoms with Crippen molar-refractivity contribution in [1.29, 1.82) is 0 Å². The van der Waals surface area contributed by atoms with Crippen LogP contribution in [-0.2, 0) is 9.84 Å². The zero-order valence-corrected chi connectivity index (χ0v) is 24.0. The van der Waals surface area contributed by atoms with E-state index < -0.39 is 15.1 Å². The highest BCUT2D eigenvalue weighted by molar-refractivity contribution is 14.1. The van der Waals surface area contributed by atoms with E-state index in [1.165, 1.54) is 23.1 Å². The van der Waals surface area contributed by atoms with Crippen molar-refractivity contribution in [2.24, 2.45) is 0 Å². The van der Waals surface area contributed by atoms with Gasteiger partial charge in [0.2, 0.25) is 5.95 Å². The Morgan fingerprint density at radius 1 is 1.24 bits per heavy atom. The lowest BCUT2D eigenvalue weighted by Crippen LogP contribution is -2.40. The summed E-state index contributed by atoms with van der Waals surface area (Å²) in [4.78, 5) is 24.6. The molecule has 0 bridgehead atoms. The molecule has 2 aromatic rings. The van der Waals surface area contributed by atoms with Crippen molar-refractivity contribution < 1.29 is 13.2 Å². The second kappa shape index (κ2) is 11.1. The number of nitrogens with one attached hydrogen (secondary N) is 2. The number of thiophene rings is 1. The first-order chi connectivity index (χ1) is 15.5. The standard InChI is InChI=1S/C21H30IN5O3S3/c1-12(2)33(29,30)18-16(22)17(32-20(18)31-5)19(28)24-13-6-8-14(9-7-13)25-21-23-11-10-15(26-21)27(3)4/h10-14H,6-9H2,1-5H3,(H,24,28)(H,23,25,26)/t13-,14+. The van der Waals surface area contributed by atoms with E-state index in [4.69, 9.17) is 0 Å². The molecule has 2 N–H and O–H groups in total. The number of carbonyl (C=O) groups is 1. The first kappa shape index (κ1) is 26.5. The van der Waals surface area contributed by atoms with E-state index >= 15 is 0 Å². The summed E-state index contributed by atoms with van der Waals surface area (Å²) in [5.74, 6) is 1.27. The van der Waals surface area contributed by atoms with Crippen LogP contribution in [0.2, 0.25) is 0 Å². The van der Waals surface area contributed by atoms with Gasteiger partial charge in [0.25, 0.3) is 5.91 Å². The minimum atomic E-state index is -3.46. The fraction of sp³-hybridized carbons (Fsp3) is 0.571. The summed E-state index contributed by atoms with van der Waals surface area (Å²) in [5.41, 5.74) is 0. The van der Waals surface area contributed by atoms with E-state index in [1.54, 1.807) is 20.0 Å². The number of hydrogen-bond acceptors (Lipinski definition) is 9. The maximum absolute atomic E-state index is 13.0. The van der Waals surface area contributed by atoms with Gasteiger partial charge in [-0.25, -0.2) is 13.4 Å². The quantitative estimate of drug-likeness (QED) is 0.332. The second-order valence-electron chi connectivity index (χ2n) is 8.46. The highest BCUT2D eigenvalue weighted by Gasteiger charge is 2.32. The Balaban J connectivity index is 1.63. The number of sulfone groups is 1. The molecule has 0 aromatic carbocycles. The topological polar surface area (TPSA) is 104 Å². The van der Waals surface area contributed by atoms with Crippen LogP contribution in [0.5, 0.6) is 0 Å². The van der Waals surface area contributed by atoms with Gasteiger partial charge in [-0.2, -0.15) is 4.98 Å². The molecule has 2 aromatic heterocycles. The van der Waals surface area contributed by atoms with Crippen molar-refractivity contribution in [3.63, 3.8) is 0 Å². The lowest BCUT2D eigenvalue weighted by atomic mass is 9.91. The molecule has 8 nitrogen and oxygen atoms in total. The summed E-state index contributed by atoms with van der Waals surface area (Å²) in [5, 5.41) is 6.00. The number of halogens is 1. The number of anilines is 2. The van der Waals surface area contributed by atoms with E-state index in [9.17, 15) is 13.2 Å². The highest BCUT2D eigenvalue weighted by Crippen LogP contribution is 2.40. The highest BCUT2D eigenvalue weighted by atomic mass is 127. The Morgan fingerprint density at radius 3 is 2.45 bits per heavy atom. The van der Waals surface area contributed by atoms with Crippen molar-refractivity contribution >= 4 is 73.2 Å². The molecule has 12 heteroatoms. The Bertz CT molecular complexity index is 1100. The Kier molecular flexibility index (Phi) is 8.89. The number of thioether (sulfide) groups is 1. The van der Waals surface area contributed by atoms with Crippen LogP contribution in [0.1, 0.15) is 49.2 Å². The van der Waals surface area contributed by atoms with Gasteiger partial charge in [-0.15, -0.1) is 23.1 Å². The molecule has 0 aliphatic heterocycles. The molecule has 1 saturated carbocycles. The Labute approximate surface area is 217 Å². The van der Waals surface area contributed by atoms with Gasteiger partial charge in [0, 0.05) is 32.4 Å². The molecule has 3 rings (SSSR count). The maximum atomic E-state index is 13.0. The molecule has 1 fully saturated rings. The number of nitrogens with zero attached hydrogens (tertiary/aromatic N) is 3. The largest absolute Gasteiger partial charge is 0.363 e. The van der Waals surface area contributed by atoms with E-state index in [0.717, 1.165) is 31.5 Å². The monoisotopic (exact) mass is 623 g/mol. The summed E-state index contributed by atoms with van der Waals surface area (Å²) in [6.45, 7) is 3.34. The third-order valence-corrected chi connectivity index (χ3v) is 12.2. The van der Waals surface area contributed by atoms with Crippen molar-refractivity contribution in [1.82, 2.24) is 15.3 Å². The van der Waals surface area contributed by atoms with Gasteiger partial charge in [0.1, 0.15) is 15.6 Å². The van der Waals surface area contributed by atoms with Crippen molar-refractivity contribution in [2.75, 3.05) is 30.6 Å². The number of hydrogen-bond donors (Lipinski definition) is 2. The van der Waals surface area contributed by atoms with Gasteiger partial charge in [-0.3, -0.25) is 4.79 Å². The third-order valence-electron chi connectivity index (χ3n) is 5.57. The summed E-state index contributed by atoms with van der Waals surface area (Å²) in [6, 6.07) is 2.18. The van der Waals surface area contributed by atoms with Crippen LogP contribution < -0.4 is 15.5 Å². The zero-order chi connectivity index (χ0) is 24.3. The molecule has 0 atom stereocenters. The van der Waals surface area contributed by atoms with Gasteiger partial charge < -0.3 is 15.5 Å². The molecule has 1 aliphatic rings. The van der Waals surface area contributed by atoms with Gasteiger partial charge in [-0.1, -0.05) is 0 Å². The summed E-state index contributed by atoms with van der Waals surface area (Å²) < 4.78 is 26.9. The SMILES string of the molecule is CSc1sc(C(=O)N[C@H]2CC[C@@H](Nc3nccc(N(C)C)n3)CC2)c(I)c1S(=O)(=O)C(C)C. The molecule has 0 spiro atoms. The first-order valence-corrected chi connectivity index (χ1v) is 15.4. The van der Waals surface area contributed by atoms with Crippen LogP contribution in [0, 0.1) is 3.57 Å². The average molecular weight is 624 g/mol. The normalized spacial score (nSPS) is 18.9. The molecule has 1 amide bonds.